The van der Waals surface area contributed by atoms with Gasteiger partial charge in [0.1, 0.15) is 0 Å². The van der Waals surface area contributed by atoms with Gasteiger partial charge in [-0.25, -0.2) is 0 Å². The van der Waals surface area contributed by atoms with E-state index in [0.29, 0.717) is 12.1 Å². The number of hydrogen-bond donors (Lipinski definition) is 1. The molecule has 3 heteroatoms. The van der Waals surface area contributed by atoms with Gasteiger partial charge in [-0.3, -0.25) is 4.90 Å². The molecule has 21 heavy (non-hydrogen) atoms. The van der Waals surface area contributed by atoms with Crippen molar-refractivity contribution in [3.05, 3.63) is 34.4 Å². The first-order chi connectivity index (χ1) is 9.90. The lowest BCUT2D eigenvalue weighted by atomic mass is 9.93. The number of nitrogens with one attached hydrogen (secondary N) is 1. The minimum atomic E-state index is 0.352. The molecule has 0 saturated carbocycles. The lowest BCUT2D eigenvalue weighted by Crippen LogP contribution is -2.40. The SMILES string of the molecule is CNC(CN(CCOC)C(C)C)c1c(C)cc(C)cc1C. The molecule has 0 amide bonds. The molecule has 0 spiro atoms. The van der Waals surface area contributed by atoms with E-state index in [1.807, 2.05) is 0 Å². The predicted octanol–water partition coefficient (Wildman–Crippen LogP) is 3.23. The second-order valence-corrected chi connectivity index (χ2v) is 6.24. The highest BCUT2D eigenvalue weighted by Crippen LogP contribution is 2.24. The summed E-state index contributed by atoms with van der Waals surface area (Å²) in [4.78, 5) is 2.48. The second-order valence-electron chi connectivity index (χ2n) is 6.24. The van der Waals surface area contributed by atoms with Crippen LogP contribution in [0.3, 0.4) is 0 Å². The molecule has 0 heterocycles. The Balaban J connectivity index is 2.96. The van der Waals surface area contributed by atoms with Crippen LogP contribution in [0.4, 0.5) is 0 Å². The van der Waals surface area contributed by atoms with Crippen LogP contribution in [0.5, 0.6) is 0 Å². The number of methoxy groups -OCH3 is 1. The summed E-state index contributed by atoms with van der Waals surface area (Å²) >= 11 is 0. The first kappa shape index (κ1) is 18.1. The third-order valence-corrected chi connectivity index (χ3v) is 4.16. The van der Waals surface area contributed by atoms with E-state index in [-0.39, 0.29) is 0 Å². The summed E-state index contributed by atoms with van der Waals surface area (Å²) in [6, 6.07) is 5.43. The van der Waals surface area contributed by atoms with Gasteiger partial charge in [-0.15, -0.1) is 0 Å². The van der Waals surface area contributed by atoms with Gasteiger partial charge in [0.2, 0.25) is 0 Å². The van der Waals surface area contributed by atoms with Crippen LogP contribution in [0.15, 0.2) is 12.1 Å². The van der Waals surface area contributed by atoms with Gasteiger partial charge in [0, 0.05) is 32.3 Å². The Bertz CT molecular complexity index is 420. The number of aryl methyl sites for hydroxylation is 3. The summed E-state index contributed by atoms with van der Waals surface area (Å²) in [5.74, 6) is 0. The van der Waals surface area contributed by atoms with Crippen LogP contribution < -0.4 is 5.32 Å². The predicted molar refractivity (Wildman–Crippen MR) is 91.0 cm³/mol. The van der Waals surface area contributed by atoms with Gasteiger partial charge in [0.15, 0.2) is 0 Å². The van der Waals surface area contributed by atoms with E-state index < -0.39 is 0 Å². The molecule has 0 aliphatic heterocycles. The molecule has 0 saturated heterocycles. The zero-order valence-corrected chi connectivity index (χ0v) is 14.8. The number of ether oxygens (including phenoxy) is 1. The average molecular weight is 292 g/mol. The molecule has 0 aliphatic rings. The van der Waals surface area contributed by atoms with E-state index in [0.717, 1.165) is 19.7 Å². The highest BCUT2D eigenvalue weighted by Gasteiger charge is 2.20. The molecular formula is C18H32N2O. The number of benzene rings is 1. The van der Waals surface area contributed by atoms with Gasteiger partial charge in [0.25, 0.3) is 0 Å². The fourth-order valence-corrected chi connectivity index (χ4v) is 3.07. The lowest BCUT2D eigenvalue weighted by Gasteiger charge is -2.32. The normalized spacial score (nSPS) is 13.2. The third kappa shape index (κ3) is 5.10. The van der Waals surface area contributed by atoms with Crippen molar-refractivity contribution >= 4 is 0 Å². The van der Waals surface area contributed by atoms with Gasteiger partial charge >= 0.3 is 0 Å². The maximum Gasteiger partial charge on any atom is 0.0589 e. The van der Waals surface area contributed by atoms with Crippen molar-refractivity contribution in [2.45, 2.75) is 46.7 Å². The molecule has 0 aliphatic carbocycles. The van der Waals surface area contributed by atoms with Crippen molar-refractivity contribution in [1.29, 1.82) is 0 Å². The second kappa shape index (κ2) is 8.52. The van der Waals surface area contributed by atoms with Crippen LogP contribution in [0, 0.1) is 20.8 Å². The topological polar surface area (TPSA) is 24.5 Å². The van der Waals surface area contributed by atoms with Crippen molar-refractivity contribution < 1.29 is 4.74 Å². The number of nitrogens with zero attached hydrogens (tertiary/aromatic N) is 1. The maximum absolute atomic E-state index is 5.24. The van der Waals surface area contributed by atoms with E-state index >= 15 is 0 Å². The largest absolute Gasteiger partial charge is 0.383 e. The Kier molecular flexibility index (Phi) is 7.36. The van der Waals surface area contributed by atoms with E-state index in [4.69, 9.17) is 4.74 Å². The molecule has 0 radical (unpaired) electrons. The minimum Gasteiger partial charge on any atom is -0.383 e. The molecule has 0 fully saturated rings. The summed E-state index contributed by atoms with van der Waals surface area (Å²) in [5.41, 5.74) is 5.53. The highest BCUT2D eigenvalue weighted by atomic mass is 16.5. The first-order valence-corrected chi connectivity index (χ1v) is 7.88. The molecule has 3 nitrogen and oxygen atoms in total. The van der Waals surface area contributed by atoms with Gasteiger partial charge in [-0.05, 0) is 58.4 Å². The van der Waals surface area contributed by atoms with E-state index in [2.05, 4.69) is 64.0 Å². The zero-order valence-electron chi connectivity index (χ0n) is 14.8. The molecule has 1 rings (SSSR count). The molecule has 1 aromatic rings. The van der Waals surface area contributed by atoms with Crippen LogP contribution in [-0.2, 0) is 4.74 Å². The molecule has 0 aromatic heterocycles. The Morgan fingerprint density at radius 3 is 2.14 bits per heavy atom. The Hall–Kier alpha value is -0.900. The van der Waals surface area contributed by atoms with Gasteiger partial charge in [-0.2, -0.15) is 0 Å². The fourth-order valence-electron chi connectivity index (χ4n) is 3.07. The Morgan fingerprint density at radius 2 is 1.71 bits per heavy atom. The van der Waals surface area contributed by atoms with Crippen molar-refractivity contribution in [3.63, 3.8) is 0 Å². The standard InChI is InChI=1S/C18H32N2O/c1-13(2)20(8-9-21-7)12-17(19-6)18-15(4)10-14(3)11-16(18)5/h10-11,13,17,19H,8-9,12H2,1-7H3. The third-order valence-electron chi connectivity index (χ3n) is 4.16. The summed E-state index contributed by atoms with van der Waals surface area (Å²) in [5, 5.41) is 3.50. The lowest BCUT2D eigenvalue weighted by molar-refractivity contribution is 0.122. The molecule has 1 N–H and O–H groups in total. The molecule has 120 valence electrons. The number of likely N-dealkylation sites (N-methyl/N-ethyl adjacent to an activating group) is 1. The number of hydrogen-bond acceptors (Lipinski definition) is 3. The van der Waals surface area contributed by atoms with Crippen LogP contribution in [-0.4, -0.2) is 44.8 Å². The first-order valence-electron chi connectivity index (χ1n) is 7.88. The fraction of sp³-hybridized carbons (Fsp3) is 0.667. The molecular weight excluding hydrogens is 260 g/mol. The Morgan fingerprint density at radius 1 is 1.14 bits per heavy atom. The monoisotopic (exact) mass is 292 g/mol. The number of rotatable bonds is 8. The van der Waals surface area contributed by atoms with E-state index in [1.165, 1.54) is 22.3 Å². The van der Waals surface area contributed by atoms with Gasteiger partial charge in [0.05, 0.1) is 6.61 Å². The van der Waals surface area contributed by atoms with E-state index in [1.54, 1.807) is 7.11 Å². The van der Waals surface area contributed by atoms with Crippen molar-refractivity contribution in [2.24, 2.45) is 0 Å². The summed E-state index contributed by atoms with van der Waals surface area (Å²) in [6.07, 6.45) is 0. The molecule has 0 bridgehead atoms. The average Bonchev–Trinajstić information content (AvgIpc) is 2.39. The van der Waals surface area contributed by atoms with Crippen molar-refractivity contribution in [1.82, 2.24) is 10.2 Å². The molecule has 1 atom stereocenters. The maximum atomic E-state index is 5.24. The summed E-state index contributed by atoms with van der Waals surface area (Å²) < 4.78 is 5.24. The van der Waals surface area contributed by atoms with Crippen molar-refractivity contribution in [3.8, 4) is 0 Å². The minimum absolute atomic E-state index is 0.352. The molecule has 1 aromatic carbocycles. The van der Waals surface area contributed by atoms with Crippen LogP contribution in [0.1, 0.15) is 42.1 Å². The molecule has 1 unspecified atom stereocenters. The quantitative estimate of drug-likeness (QED) is 0.796. The van der Waals surface area contributed by atoms with Gasteiger partial charge in [-0.1, -0.05) is 17.7 Å². The van der Waals surface area contributed by atoms with E-state index in [9.17, 15) is 0 Å². The van der Waals surface area contributed by atoms with Crippen LogP contribution >= 0.6 is 0 Å². The summed E-state index contributed by atoms with van der Waals surface area (Å²) in [6.45, 7) is 13.8. The smallest absolute Gasteiger partial charge is 0.0589 e. The van der Waals surface area contributed by atoms with Crippen molar-refractivity contribution in [2.75, 3.05) is 33.9 Å². The van der Waals surface area contributed by atoms with Gasteiger partial charge < -0.3 is 10.1 Å². The Labute approximate surface area is 130 Å². The van der Waals surface area contributed by atoms with Crippen LogP contribution in [0.2, 0.25) is 0 Å². The zero-order chi connectivity index (χ0) is 16.0. The summed E-state index contributed by atoms with van der Waals surface area (Å²) in [7, 11) is 3.82. The van der Waals surface area contributed by atoms with Crippen LogP contribution in [0.25, 0.3) is 0 Å². The highest BCUT2D eigenvalue weighted by molar-refractivity contribution is 5.39.